The zero-order valence-electron chi connectivity index (χ0n) is 16.7. The summed E-state index contributed by atoms with van der Waals surface area (Å²) in [5.41, 5.74) is 0.150. The summed E-state index contributed by atoms with van der Waals surface area (Å²) in [7, 11) is 3.36. The number of aromatic nitrogens is 1. The van der Waals surface area contributed by atoms with E-state index >= 15 is 0 Å². The van der Waals surface area contributed by atoms with Crippen LogP contribution in [0.15, 0.2) is 42.1 Å². The lowest BCUT2D eigenvalue weighted by molar-refractivity contribution is -0.222. The van der Waals surface area contributed by atoms with E-state index in [1.807, 2.05) is 0 Å². The van der Waals surface area contributed by atoms with Crippen molar-refractivity contribution in [2.45, 2.75) is 25.8 Å². The number of ether oxygens (including phenoxy) is 2. The first kappa shape index (κ1) is 21.4. The van der Waals surface area contributed by atoms with Crippen LogP contribution in [0.1, 0.15) is 25.0 Å². The highest BCUT2D eigenvalue weighted by atomic mass is 19.4. The molecule has 2 heterocycles. The van der Waals surface area contributed by atoms with Crippen LogP contribution in [0.25, 0.3) is 17.2 Å². The molecule has 0 amide bonds. The second kappa shape index (κ2) is 7.47. The molecule has 0 radical (unpaired) electrons. The van der Waals surface area contributed by atoms with Crippen molar-refractivity contribution in [3.63, 3.8) is 0 Å². The predicted molar refractivity (Wildman–Crippen MR) is 103 cm³/mol. The van der Waals surface area contributed by atoms with Gasteiger partial charge in [0.25, 0.3) is 5.79 Å². The van der Waals surface area contributed by atoms with Crippen LogP contribution in [0.4, 0.5) is 19.0 Å². The number of esters is 2. The number of hydrogen-bond donors (Lipinski definition) is 0. The van der Waals surface area contributed by atoms with Gasteiger partial charge in [0.15, 0.2) is 0 Å². The average molecular weight is 420 g/mol. The molecule has 2 aromatic rings. The molecule has 0 bridgehead atoms. The Labute approximate surface area is 170 Å². The van der Waals surface area contributed by atoms with Gasteiger partial charge in [-0.3, -0.25) is 0 Å². The molecule has 30 heavy (non-hydrogen) atoms. The summed E-state index contributed by atoms with van der Waals surface area (Å²) in [6.07, 6.45) is -2.42. The second-order valence-corrected chi connectivity index (χ2v) is 7.35. The maximum atomic E-state index is 13.1. The molecule has 1 aliphatic heterocycles. The Hall–Kier alpha value is -3.36. The molecule has 0 atom stereocenters. The van der Waals surface area contributed by atoms with Crippen molar-refractivity contribution in [3.05, 3.63) is 53.2 Å². The van der Waals surface area contributed by atoms with Gasteiger partial charge >= 0.3 is 18.1 Å². The lowest BCUT2D eigenvalue weighted by Crippen LogP contribution is -2.41. The number of alkyl halides is 3. The quantitative estimate of drug-likeness (QED) is 0.424. The molecule has 1 fully saturated rings. The van der Waals surface area contributed by atoms with E-state index in [2.05, 4.69) is 4.98 Å². The van der Waals surface area contributed by atoms with Crippen molar-refractivity contribution in [3.8, 4) is 11.1 Å². The third-order valence-corrected chi connectivity index (χ3v) is 4.27. The van der Waals surface area contributed by atoms with Crippen LogP contribution >= 0.6 is 0 Å². The lowest BCUT2D eigenvalue weighted by atomic mass is 10.0. The molecule has 1 aromatic heterocycles. The zero-order valence-corrected chi connectivity index (χ0v) is 16.7. The van der Waals surface area contributed by atoms with E-state index in [9.17, 15) is 22.8 Å². The minimum Gasteiger partial charge on any atom is -0.419 e. The van der Waals surface area contributed by atoms with Crippen molar-refractivity contribution in [2.24, 2.45) is 0 Å². The molecule has 0 N–H and O–H groups in total. The normalized spacial score (nSPS) is 16.0. The fraction of sp³-hybridized carbons (Fsp3) is 0.286. The van der Waals surface area contributed by atoms with Gasteiger partial charge in [-0.05, 0) is 23.3 Å². The minimum absolute atomic E-state index is 0.267. The molecule has 1 aromatic carbocycles. The highest BCUT2D eigenvalue weighted by molar-refractivity contribution is 6.18. The Balaban J connectivity index is 1.97. The fourth-order valence-electron chi connectivity index (χ4n) is 2.89. The van der Waals surface area contributed by atoms with E-state index in [1.54, 1.807) is 43.3 Å². The fourth-order valence-corrected chi connectivity index (χ4v) is 2.89. The summed E-state index contributed by atoms with van der Waals surface area (Å²) in [5, 5.41) is 0. The number of halogens is 3. The highest BCUT2D eigenvalue weighted by Crippen LogP contribution is 2.36. The van der Waals surface area contributed by atoms with E-state index in [-0.39, 0.29) is 5.57 Å². The number of nitrogens with zero attached hydrogens (tertiary/aromatic N) is 2. The molecular formula is C21H19F3N2O4. The van der Waals surface area contributed by atoms with Crippen LogP contribution in [0, 0.1) is 0 Å². The first-order valence-electron chi connectivity index (χ1n) is 8.91. The van der Waals surface area contributed by atoms with Crippen LogP contribution in [-0.4, -0.2) is 36.8 Å². The average Bonchev–Trinajstić information content (AvgIpc) is 2.63. The van der Waals surface area contributed by atoms with Crippen molar-refractivity contribution >= 4 is 23.8 Å². The van der Waals surface area contributed by atoms with Gasteiger partial charge in [0, 0.05) is 39.7 Å². The number of carbonyl (C=O) groups excluding carboxylic acids is 2. The smallest absolute Gasteiger partial charge is 0.417 e. The van der Waals surface area contributed by atoms with Crippen LogP contribution in [0.2, 0.25) is 0 Å². The van der Waals surface area contributed by atoms with Crippen LogP contribution in [0.3, 0.4) is 0 Å². The molecule has 158 valence electrons. The van der Waals surface area contributed by atoms with Crippen LogP contribution in [-0.2, 0) is 25.2 Å². The summed E-state index contributed by atoms with van der Waals surface area (Å²) in [6.45, 7) is 2.89. The van der Waals surface area contributed by atoms with Crippen molar-refractivity contribution in [2.75, 3.05) is 19.0 Å². The Morgan fingerprint density at radius 3 is 2.10 bits per heavy atom. The Morgan fingerprint density at radius 1 is 1.03 bits per heavy atom. The second-order valence-electron chi connectivity index (χ2n) is 7.35. The molecule has 9 heteroatoms. The maximum absolute atomic E-state index is 13.1. The number of cyclic esters (lactones) is 2. The minimum atomic E-state index is -4.52. The van der Waals surface area contributed by atoms with E-state index in [1.165, 1.54) is 19.9 Å². The Morgan fingerprint density at radius 2 is 1.60 bits per heavy atom. The summed E-state index contributed by atoms with van der Waals surface area (Å²) < 4.78 is 49.4. The molecule has 0 saturated carbocycles. The third kappa shape index (κ3) is 4.45. The van der Waals surface area contributed by atoms with E-state index in [0.29, 0.717) is 22.5 Å². The number of anilines is 1. The summed E-state index contributed by atoms with van der Waals surface area (Å²) in [5.74, 6) is -2.58. The van der Waals surface area contributed by atoms with E-state index in [4.69, 9.17) is 9.47 Å². The summed E-state index contributed by atoms with van der Waals surface area (Å²) >= 11 is 0. The summed E-state index contributed by atoms with van der Waals surface area (Å²) in [6, 6.07) is 7.35. The van der Waals surface area contributed by atoms with Gasteiger partial charge in [-0.1, -0.05) is 24.3 Å². The molecule has 0 spiro atoms. The number of benzene rings is 1. The number of hydrogen-bond acceptors (Lipinski definition) is 6. The van der Waals surface area contributed by atoms with Gasteiger partial charge in [-0.25, -0.2) is 14.6 Å². The standard InChI is InChI=1S/C21H19F3N2O4/c1-20(2)29-18(27)16(19(28)30-20)9-12-5-7-13(8-6-12)15-10-14(21(22,23)24)11-25-17(15)26(3)4/h5-11H,1-4H3. The van der Waals surface area contributed by atoms with Crippen LogP contribution in [0.5, 0.6) is 0 Å². The zero-order chi connectivity index (χ0) is 22.3. The topological polar surface area (TPSA) is 68.7 Å². The largest absolute Gasteiger partial charge is 0.419 e. The first-order chi connectivity index (χ1) is 13.9. The number of rotatable bonds is 3. The Kier molecular flexibility index (Phi) is 5.32. The highest BCUT2D eigenvalue weighted by Gasteiger charge is 2.38. The van der Waals surface area contributed by atoms with Crippen molar-refractivity contribution in [1.29, 1.82) is 0 Å². The lowest BCUT2D eigenvalue weighted by Gasteiger charge is -2.29. The molecular weight excluding hydrogens is 401 g/mol. The molecule has 6 nitrogen and oxygen atoms in total. The van der Waals surface area contributed by atoms with Gasteiger partial charge in [0.2, 0.25) is 0 Å². The monoisotopic (exact) mass is 420 g/mol. The SMILES string of the molecule is CN(C)c1ncc(C(F)(F)F)cc1-c1ccc(C=C2C(=O)OC(C)(C)OC2=O)cc1. The number of carbonyl (C=O) groups is 2. The third-order valence-electron chi connectivity index (χ3n) is 4.27. The van der Waals surface area contributed by atoms with Crippen molar-refractivity contribution in [1.82, 2.24) is 4.98 Å². The van der Waals surface area contributed by atoms with E-state index < -0.39 is 29.5 Å². The maximum Gasteiger partial charge on any atom is 0.417 e. The number of pyridine rings is 1. The van der Waals surface area contributed by atoms with E-state index in [0.717, 1.165) is 12.3 Å². The first-order valence-corrected chi connectivity index (χ1v) is 8.91. The van der Waals surface area contributed by atoms with Gasteiger partial charge < -0.3 is 14.4 Å². The molecule has 3 rings (SSSR count). The molecule has 1 saturated heterocycles. The van der Waals surface area contributed by atoms with Crippen molar-refractivity contribution < 1.29 is 32.2 Å². The molecule has 0 aliphatic carbocycles. The van der Waals surface area contributed by atoms with Crippen LogP contribution < -0.4 is 4.90 Å². The van der Waals surface area contributed by atoms with Gasteiger partial charge in [0.1, 0.15) is 11.4 Å². The summed E-state index contributed by atoms with van der Waals surface area (Å²) in [4.78, 5) is 29.7. The molecule has 1 aliphatic rings. The van der Waals surface area contributed by atoms with Gasteiger partial charge in [-0.15, -0.1) is 0 Å². The van der Waals surface area contributed by atoms with Gasteiger partial charge in [0.05, 0.1) is 5.56 Å². The Bertz CT molecular complexity index is 1000. The van der Waals surface area contributed by atoms with Gasteiger partial charge in [-0.2, -0.15) is 13.2 Å². The molecule has 0 unspecified atom stereocenters. The predicted octanol–water partition coefficient (Wildman–Crippen LogP) is 4.05.